The van der Waals surface area contributed by atoms with E-state index in [1.807, 2.05) is 0 Å². The fraction of sp³-hybridized carbons (Fsp3) is 0.600. The lowest BCUT2D eigenvalue weighted by atomic mass is 9.92. The minimum absolute atomic E-state index is 0.246. The van der Waals surface area contributed by atoms with Crippen LogP contribution in [-0.2, 0) is 17.7 Å². The summed E-state index contributed by atoms with van der Waals surface area (Å²) in [6, 6.07) is 6.78. The van der Waals surface area contributed by atoms with E-state index in [0.717, 1.165) is 45.6 Å². The van der Waals surface area contributed by atoms with Gasteiger partial charge in [-0.3, -0.25) is 0 Å². The van der Waals surface area contributed by atoms with E-state index in [1.165, 1.54) is 16.8 Å². The van der Waals surface area contributed by atoms with Crippen LogP contribution in [0.3, 0.4) is 0 Å². The molecule has 1 saturated heterocycles. The molecule has 0 atom stereocenters. The second kappa shape index (κ2) is 4.90. The van der Waals surface area contributed by atoms with Crippen LogP contribution in [0.4, 0.5) is 5.69 Å². The van der Waals surface area contributed by atoms with Gasteiger partial charge in [-0.1, -0.05) is 12.1 Å². The second-order valence-electron chi connectivity index (χ2n) is 5.69. The van der Waals surface area contributed by atoms with Gasteiger partial charge in [0.05, 0.1) is 0 Å². The van der Waals surface area contributed by atoms with E-state index in [4.69, 9.17) is 4.74 Å². The topological polar surface area (TPSA) is 33.3 Å². The van der Waals surface area contributed by atoms with Crippen molar-refractivity contribution in [1.29, 1.82) is 0 Å². The largest absolute Gasteiger partial charge is 0.384 e. The van der Waals surface area contributed by atoms with Gasteiger partial charge in [0.2, 0.25) is 0 Å². The van der Waals surface area contributed by atoms with Crippen LogP contribution in [0.25, 0.3) is 0 Å². The molecule has 0 saturated carbocycles. The van der Waals surface area contributed by atoms with Crippen LogP contribution in [0.15, 0.2) is 18.2 Å². The predicted octanol–water partition coefficient (Wildman–Crippen LogP) is 2.31. The summed E-state index contributed by atoms with van der Waals surface area (Å²) in [5.74, 6) is 0. The number of nitrogens with one attached hydrogen (secondary N) is 2. The molecule has 0 radical (unpaired) electrons. The Hall–Kier alpha value is -1.06. The van der Waals surface area contributed by atoms with Crippen molar-refractivity contribution in [2.75, 3.05) is 25.1 Å². The van der Waals surface area contributed by atoms with Crippen LogP contribution in [0.2, 0.25) is 0 Å². The second-order valence-corrected chi connectivity index (χ2v) is 5.69. The Balaban J connectivity index is 1.62. The smallest absolute Gasteiger partial charge is 0.0483 e. The first-order chi connectivity index (χ1) is 8.75. The van der Waals surface area contributed by atoms with Crippen molar-refractivity contribution in [2.45, 2.75) is 38.3 Å². The van der Waals surface area contributed by atoms with Gasteiger partial charge in [0.25, 0.3) is 0 Å². The molecule has 2 heterocycles. The lowest BCUT2D eigenvalue weighted by molar-refractivity contribution is 0.0446. The number of benzene rings is 1. The van der Waals surface area contributed by atoms with Gasteiger partial charge in [0, 0.05) is 37.5 Å². The molecule has 3 heteroatoms. The van der Waals surface area contributed by atoms with Crippen molar-refractivity contribution in [2.24, 2.45) is 0 Å². The maximum Gasteiger partial charge on any atom is 0.0483 e. The van der Waals surface area contributed by atoms with E-state index in [-0.39, 0.29) is 5.54 Å². The van der Waals surface area contributed by atoms with Crippen molar-refractivity contribution in [1.82, 2.24) is 5.32 Å². The molecular weight excluding hydrogens is 224 g/mol. The Labute approximate surface area is 109 Å². The zero-order chi connectivity index (χ0) is 12.4. The number of rotatable bonds is 3. The SMILES string of the molecule is CC1(NCc2ccc3c(c2)CCN3)CCOCC1. The molecule has 98 valence electrons. The molecule has 0 aliphatic carbocycles. The molecule has 0 bridgehead atoms. The van der Waals surface area contributed by atoms with Crippen LogP contribution in [0.5, 0.6) is 0 Å². The summed E-state index contributed by atoms with van der Waals surface area (Å²) in [6.07, 6.45) is 3.38. The summed E-state index contributed by atoms with van der Waals surface area (Å²) < 4.78 is 5.43. The molecule has 2 N–H and O–H groups in total. The highest BCUT2D eigenvalue weighted by atomic mass is 16.5. The van der Waals surface area contributed by atoms with Crippen LogP contribution in [0, 0.1) is 0 Å². The van der Waals surface area contributed by atoms with Crippen molar-refractivity contribution < 1.29 is 4.74 Å². The standard InChI is InChI=1S/C15H22N2O/c1-15(5-8-18-9-6-15)17-11-12-2-3-14-13(10-12)4-7-16-14/h2-3,10,16-17H,4-9,11H2,1H3. The van der Waals surface area contributed by atoms with Gasteiger partial charge < -0.3 is 15.4 Å². The maximum absolute atomic E-state index is 5.43. The molecule has 1 aromatic rings. The van der Waals surface area contributed by atoms with Crippen LogP contribution >= 0.6 is 0 Å². The molecule has 2 aliphatic heterocycles. The first kappa shape index (κ1) is 12.0. The summed E-state index contributed by atoms with van der Waals surface area (Å²) in [4.78, 5) is 0. The molecule has 18 heavy (non-hydrogen) atoms. The molecule has 0 aromatic heterocycles. The summed E-state index contributed by atoms with van der Waals surface area (Å²) >= 11 is 0. The highest BCUT2D eigenvalue weighted by Gasteiger charge is 2.26. The van der Waals surface area contributed by atoms with E-state index in [9.17, 15) is 0 Å². The Bertz CT molecular complexity index is 425. The van der Waals surface area contributed by atoms with Crippen molar-refractivity contribution in [3.05, 3.63) is 29.3 Å². The number of ether oxygens (including phenoxy) is 1. The van der Waals surface area contributed by atoms with Crippen molar-refractivity contribution in [3.8, 4) is 0 Å². The average molecular weight is 246 g/mol. The fourth-order valence-electron chi connectivity index (χ4n) is 2.78. The first-order valence-electron chi connectivity index (χ1n) is 6.94. The summed E-state index contributed by atoms with van der Waals surface area (Å²) in [7, 11) is 0. The first-order valence-corrected chi connectivity index (χ1v) is 6.94. The Morgan fingerprint density at radius 2 is 2.17 bits per heavy atom. The molecule has 3 rings (SSSR count). The highest BCUT2D eigenvalue weighted by Crippen LogP contribution is 2.24. The van der Waals surface area contributed by atoms with Gasteiger partial charge in [-0.05, 0) is 43.4 Å². The van der Waals surface area contributed by atoms with Crippen molar-refractivity contribution >= 4 is 5.69 Å². The molecule has 0 spiro atoms. The molecule has 1 fully saturated rings. The van der Waals surface area contributed by atoms with Gasteiger partial charge >= 0.3 is 0 Å². The van der Waals surface area contributed by atoms with E-state index < -0.39 is 0 Å². The third kappa shape index (κ3) is 2.52. The highest BCUT2D eigenvalue weighted by molar-refractivity contribution is 5.56. The third-order valence-electron chi connectivity index (χ3n) is 4.20. The Morgan fingerprint density at radius 3 is 3.00 bits per heavy atom. The average Bonchev–Trinajstić information content (AvgIpc) is 2.85. The van der Waals surface area contributed by atoms with E-state index >= 15 is 0 Å². The molecule has 3 nitrogen and oxygen atoms in total. The summed E-state index contributed by atoms with van der Waals surface area (Å²) in [5, 5.41) is 7.11. The monoisotopic (exact) mass is 246 g/mol. The molecule has 0 unspecified atom stereocenters. The van der Waals surface area contributed by atoms with Gasteiger partial charge in [-0.2, -0.15) is 0 Å². The number of hydrogen-bond donors (Lipinski definition) is 2. The van der Waals surface area contributed by atoms with Gasteiger partial charge in [-0.15, -0.1) is 0 Å². The van der Waals surface area contributed by atoms with Gasteiger partial charge in [-0.25, -0.2) is 0 Å². The fourth-order valence-corrected chi connectivity index (χ4v) is 2.78. The van der Waals surface area contributed by atoms with Gasteiger partial charge in [0.1, 0.15) is 0 Å². The number of hydrogen-bond acceptors (Lipinski definition) is 3. The number of anilines is 1. The zero-order valence-corrected chi connectivity index (χ0v) is 11.1. The lowest BCUT2D eigenvalue weighted by Crippen LogP contribution is -2.46. The molecule has 0 amide bonds. The third-order valence-corrected chi connectivity index (χ3v) is 4.20. The zero-order valence-electron chi connectivity index (χ0n) is 11.1. The Kier molecular flexibility index (Phi) is 3.27. The number of fused-ring (bicyclic) bond motifs is 1. The van der Waals surface area contributed by atoms with E-state index in [2.05, 4.69) is 35.8 Å². The minimum Gasteiger partial charge on any atom is -0.384 e. The minimum atomic E-state index is 0.246. The van der Waals surface area contributed by atoms with Crippen LogP contribution < -0.4 is 10.6 Å². The Morgan fingerprint density at radius 1 is 1.33 bits per heavy atom. The van der Waals surface area contributed by atoms with Gasteiger partial charge in [0.15, 0.2) is 0 Å². The molecule has 2 aliphatic rings. The summed E-state index contributed by atoms with van der Waals surface area (Å²) in [6.45, 7) is 6.13. The quantitative estimate of drug-likeness (QED) is 0.858. The van der Waals surface area contributed by atoms with E-state index in [0.29, 0.717) is 0 Å². The molecular formula is C15H22N2O. The van der Waals surface area contributed by atoms with Crippen LogP contribution in [0.1, 0.15) is 30.9 Å². The maximum atomic E-state index is 5.43. The van der Waals surface area contributed by atoms with Crippen molar-refractivity contribution in [3.63, 3.8) is 0 Å². The lowest BCUT2D eigenvalue weighted by Gasteiger charge is -2.34. The summed E-state index contributed by atoms with van der Waals surface area (Å²) in [5.41, 5.74) is 4.42. The van der Waals surface area contributed by atoms with E-state index in [1.54, 1.807) is 0 Å². The van der Waals surface area contributed by atoms with Crippen LogP contribution in [-0.4, -0.2) is 25.3 Å². The predicted molar refractivity (Wildman–Crippen MR) is 73.9 cm³/mol. The normalized spacial score (nSPS) is 21.4. The molecule has 1 aromatic carbocycles.